The van der Waals surface area contributed by atoms with Crippen LogP contribution in [0.5, 0.6) is 0 Å². The molecule has 30 heavy (non-hydrogen) atoms. The van der Waals surface area contributed by atoms with Crippen LogP contribution in [-0.4, -0.2) is 42.3 Å². The second-order valence-corrected chi connectivity index (χ2v) is 6.89. The van der Waals surface area contributed by atoms with Crippen LogP contribution in [0.4, 0.5) is 17.1 Å². The van der Waals surface area contributed by atoms with E-state index in [1.165, 1.54) is 0 Å². The van der Waals surface area contributed by atoms with E-state index >= 15 is 0 Å². The van der Waals surface area contributed by atoms with E-state index in [0.29, 0.717) is 30.8 Å². The Balaban J connectivity index is 1.98. The van der Waals surface area contributed by atoms with Gasteiger partial charge in [0.15, 0.2) is 0 Å². The maximum absolute atomic E-state index is 12.5. The highest BCUT2D eigenvalue weighted by atomic mass is 16.2. The van der Waals surface area contributed by atoms with E-state index < -0.39 is 0 Å². The summed E-state index contributed by atoms with van der Waals surface area (Å²) < 4.78 is 0. The molecule has 0 aliphatic carbocycles. The third-order valence-electron chi connectivity index (χ3n) is 4.73. The summed E-state index contributed by atoms with van der Waals surface area (Å²) in [6.45, 7) is 8.89. The molecule has 0 saturated heterocycles. The molecular formula is C23H30N4O3. The molecule has 0 bridgehead atoms. The Hall–Kier alpha value is -3.35. The largest absolute Gasteiger partial charge is 0.376 e. The number of carbonyl (C=O) groups excluding carboxylic acids is 3. The van der Waals surface area contributed by atoms with E-state index in [4.69, 9.17) is 0 Å². The van der Waals surface area contributed by atoms with Crippen molar-refractivity contribution in [3.05, 3.63) is 53.6 Å². The summed E-state index contributed by atoms with van der Waals surface area (Å²) in [5, 5.41) is 8.71. The van der Waals surface area contributed by atoms with Crippen LogP contribution in [0.1, 0.15) is 43.1 Å². The van der Waals surface area contributed by atoms with Crippen LogP contribution in [0.15, 0.2) is 42.5 Å². The van der Waals surface area contributed by atoms with Gasteiger partial charge in [-0.3, -0.25) is 14.4 Å². The molecule has 0 saturated carbocycles. The fourth-order valence-electron chi connectivity index (χ4n) is 2.92. The predicted octanol–water partition coefficient (Wildman–Crippen LogP) is 3.88. The number of rotatable bonds is 9. The number of nitrogens with one attached hydrogen (secondary N) is 3. The summed E-state index contributed by atoms with van der Waals surface area (Å²) >= 11 is 0. The lowest BCUT2D eigenvalue weighted by Crippen LogP contribution is -2.30. The summed E-state index contributed by atoms with van der Waals surface area (Å²) in [5.74, 6) is -0.357. The van der Waals surface area contributed by atoms with Crippen molar-refractivity contribution in [2.75, 3.05) is 35.6 Å². The Morgan fingerprint density at radius 2 is 1.60 bits per heavy atom. The molecule has 7 heteroatoms. The SMILES string of the molecule is CCC(=O)Nc1cc(NCC(=O)Nc2cccc(C(=O)N(CC)CC)c2)ccc1C. The van der Waals surface area contributed by atoms with Gasteiger partial charge in [-0.05, 0) is 56.7 Å². The van der Waals surface area contributed by atoms with Gasteiger partial charge in [0.25, 0.3) is 5.91 Å². The van der Waals surface area contributed by atoms with Crippen LogP contribution >= 0.6 is 0 Å². The van der Waals surface area contributed by atoms with E-state index in [9.17, 15) is 14.4 Å². The van der Waals surface area contributed by atoms with Gasteiger partial charge in [-0.15, -0.1) is 0 Å². The van der Waals surface area contributed by atoms with Gasteiger partial charge in [-0.25, -0.2) is 0 Å². The van der Waals surface area contributed by atoms with Crippen LogP contribution < -0.4 is 16.0 Å². The first-order valence-electron chi connectivity index (χ1n) is 10.2. The highest BCUT2D eigenvalue weighted by molar-refractivity contribution is 5.98. The minimum atomic E-state index is -0.234. The topological polar surface area (TPSA) is 90.5 Å². The molecule has 0 aliphatic heterocycles. The zero-order valence-electron chi connectivity index (χ0n) is 18.0. The molecule has 0 spiro atoms. The molecule has 3 N–H and O–H groups in total. The molecule has 0 heterocycles. The summed E-state index contributed by atoms with van der Waals surface area (Å²) in [7, 11) is 0. The zero-order chi connectivity index (χ0) is 22.1. The molecule has 160 valence electrons. The van der Waals surface area contributed by atoms with Crippen molar-refractivity contribution in [2.24, 2.45) is 0 Å². The van der Waals surface area contributed by atoms with E-state index in [-0.39, 0.29) is 24.3 Å². The second-order valence-electron chi connectivity index (χ2n) is 6.89. The van der Waals surface area contributed by atoms with Crippen molar-refractivity contribution in [1.82, 2.24) is 4.90 Å². The third kappa shape index (κ3) is 6.34. The van der Waals surface area contributed by atoms with Crippen molar-refractivity contribution in [1.29, 1.82) is 0 Å². The number of amides is 3. The molecule has 0 radical (unpaired) electrons. The number of anilines is 3. The maximum atomic E-state index is 12.5. The summed E-state index contributed by atoms with van der Waals surface area (Å²) in [4.78, 5) is 38.2. The fraction of sp³-hybridized carbons (Fsp3) is 0.348. The number of hydrogen-bond donors (Lipinski definition) is 3. The standard InChI is InChI=1S/C23H30N4O3/c1-5-21(28)26-20-14-18(12-11-16(20)4)24-15-22(29)25-19-10-8-9-17(13-19)23(30)27(6-2)7-3/h8-14,24H,5-7,15H2,1-4H3,(H,25,29)(H,26,28). The molecule has 0 unspecified atom stereocenters. The molecule has 2 aromatic rings. The second kappa shape index (κ2) is 11.0. The van der Waals surface area contributed by atoms with E-state index in [1.807, 2.05) is 32.9 Å². The third-order valence-corrected chi connectivity index (χ3v) is 4.73. The number of benzene rings is 2. The van der Waals surface area contributed by atoms with E-state index in [1.54, 1.807) is 42.2 Å². The Labute approximate surface area is 177 Å². The van der Waals surface area contributed by atoms with Crippen molar-refractivity contribution in [3.8, 4) is 0 Å². The number of carbonyl (C=O) groups is 3. The summed E-state index contributed by atoms with van der Waals surface area (Å²) in [6, 6.07) is 12.5. The monoisotopic (exact) mass is 410 g/mol. The molecule has 0 aromatic heterocycles. The first-order valence-corrected chi connectivity index (χ1v) is 10.2. The molecule has 2 rings (SSSR count). The summed E-state index contributed by atoms with van der Waals surface area (Å²) in [5.41, 5.74) is 3.50. The zero-order valence-corrected chi connectivity index (χ0v) is 18.0. The minimum absolute atomic E-state index is 0.0540. The smallest absolute Gasteiger partial charge is 0.253 e. The van der Waals surface area contributed by atoms with Crippen molar-refractivity contribution < 1.29 is 14.4 Å². The van der Waals surface area contributed by atoms with E-state index in [2.05, 4.69) is 16.0 Å². The Kier molecular flexibility index (Phi) is 8.41. The van der Waals surface area contributed by atoms with Crippen LogP contribution in [0, 0.1) is 6.92 Å². The quantitative estimate of drug-likeness (QED) is 0.585. The average Bonchev–Trinajstić information content (AvgIpc) is 2.75. The van der Waals surface area contributed by atoms with Crippen molar-refractivity contribution >= 4 is 34.8 Å². The predicted molar refractivity (Wildman–Crippen MR) is 121 cm³/mol. The van der Waals surface area contributed by atoms with Gasteiger partial charge in [-0.1, -0.05) is 19.1 Å². The maximum Gasteiger partial charge on any atom is 0.253 e. The van der Waals surface area contributed by atoms with Gasteiger partial charge in [0, 0.05) is 42.1 Å². The lowest BCUT2D eigenvalue weighted by molar-refractivity contribution is -0.116. The summed E-state index contributed by atoms with van der Waals surface area (Å²) in [6.07, 6.45) is 0.398. The lowest BCUT2D eigenvalue weighted by atomic mass is 10.1. The number of hydrogen-bond acceptors (Lipinski definition) is 4. The molecule has 3 amide bonds. The first kappa shape index (κ1) is 22.9. The molecule has 0 aliphatic rings. The highest BCUT2D eigenvalue weighted by Gasteiger charge is 2.13. The van der Waals surface area contributed by atoms with Crippen LogP contribution in [-0.2, 0) is 9.59 Å². The Bertz CT molecular complexity index is 907. The van der Waals surface area contributed by atoms with Crippen LogP contribution in [0.2, 0.25) is 0 Å². The van der Waals surface area contributed by atoms with Gasteiger partial charge in [-0.2, -0.15) is 0 Å². The highest BCUT2D eigenvalue weighted by Crippen LogP contribution is 2.20. The molecule has 7 nitrogen and oxygen atoms in total. The van der Waals surface area contributed by atoms with Gasteiger partial charge in [0.05, 0.1) is 6.54 Å². The van der Waals surface area contributed by atoms with Gasteiger partial charge in [0.1, 0.15) is 0 Å². The molecule has 2 aromatic carbocycles. The van der Waals surface area contributed by atoms with Gasteiger partial charge >= 0.3 is 0 Å². The van der Waals surface area contributed by atoms with Crippen molar-refractivity contribution in [2.45, 2.75) is 34.1 Å². The number of aryl methyl sites for hydroxylation is 1. The van der Waals surface area contributed by atoms with Crippen molar-refractivity contribution in [3.63, 3.8) is 0 Å². The molecule has 0 fully saturated rings. The van der Waals surface area contributed by atoms with Crippen LogP contribution in [0.3, 0.4) is 0 Å². The van der Waals surface area contributed by atoms with Crippen LogP contribution in [0.25, 0.3) is 0 Å². The fourth-order valence-corrected chi connectivity index (χ4v) is 2.92. The Morgan fingerprint density at radius 1 is 0.867 bits per heavy atom. The minimum Gasteiger partial charge on any atom is -0.376 e. The Morgan fingerprint density at radius 3 is 2.27 bits per heavy atom. The normalized spacial score (nSPS) is 10.3. The van der Waals surface area contributed by atoms with Gasteiger partial charge in [0.2, 0.25) is 11.8 Å². The van der Waals surface area contributed by atoms with Gasteiger partial charge < -0.3 is 20.9 Å². The number of nitrogens with zero attached hydrogens (tertiary/aromatic N) is 1. The molecule has 0 atom stereocenters. The average molecular weight is 411 g/mol. The van der Waals surface area contributed by atoms with E-state index in [0.717, 1.165) is 16.9 Å². The molecular weight excluding hydrogens is 380 g/mol. The first-order chi connectivity index (χ1) is 14.4. The lowest BCUT2D eigenvalue weighted by Gasteiger charge is -2.19.